The SMILES string of the molecule is COc1cc(C(=O)CNC(=O)Cc2ccccn2)cc(OC)c1OC.Cl.Cl. The van der Waals surface area contributed by atoms with Crippen molar-refractivity contribution < 1.29 is 23.8 Å². The van der Waals surface area contributed by atoms with Gasteiger partial charge in [-0.3, -0.25) is 14.6 Å². The highest BCUT2D eigenvalue weighted by atomic mass is 35.5. The fraction of sp³-hybridized carbons (Fsp3) is 0.278. The van der Waals surface area contributed by atoms with E-state index >= 15 is 0 Å². The lowest BCUT2D eigenvalue weighted by Crippen LogP contribution is -2.31. The van der Waals surface area contributed by atoms with Gasteiger partial charge >= 0.3 is 0 Å². The van der Waals surface area contributed by atoms with Crippen LogP contribution in [-0.2, 0) is 11.2 Å². The maximum atomic E-state index is 12.4. The molecule has 1 amide bonds. The second-order valence-electron chi connectivity index (χ2n) is 5.11. The summed E-state index contributed by atoms with van der Waals surface area (Å²) >= 11 is 0. The standard InChI is InChI=1S/C18H20N2O5.2ClH/c1-23-15-8-12(9-16(24-2)18(15)25-3)14(21)11-20-17(22)10-13-6-4-5-7-19-13;;/h4-9H,10-11H2,1-3H3,(H,20,22);2*1H. The summed E-state index contributed by atoms with van der Waals surface area (Å²) in [5, 5.41) is 2.59. The van der Waals surface area contributed by atoms with Gasteiger partial charge in [0.05, 0.1) is 34.3 Å². The summed E-state index contributed by atoms with van der Waals surface area (Å²) in [7, 11) is 4.43. The van der Waals surface area contributed by atoms with E-state index in [1.165, 1.54) is 21.3 Å². The van der Waals surface area contributed by atoms with Gasteiger partial charge in [-0.05, 0) is 24.3 Å². The largest absolute Gasteiger partial charge is 0.493 e. The minimum Gasteiger partial charge on any atom is -0.493 e. The average molecular weight is 417 g/mol. The first-order valence-electron chi connectivity index (χ1n) is 7.58. The Balaban J connectivity index is 0.00000338. The van der Waals surface area contributed by atoms with E-state index in [-0.39, 0.29) is 49.5 Å². The monoisotopic (exact) mass is 416 g/mol. The number of hydrogen-bond donors (Lipinski definition) is 1. The number of hydrogen-bond acceptors (Lipinski definition) is 6. The highest BCUT2D eigenvalue weighted by Gasteiger charge is 2.17. The van der Waals surface area contributed by atoms with E-state index in [1.54, 1.807) is 36.5 Å². The first-order chi connectivity index (χ1) is 12.1. The van der Waals surface area contributed by atoms with Crippen molar-refractivity contribution in [1.29, 1.82) is 0 Å². The van der Waals surface area contributed by atoms with Gasteiger partial charge in [0.15, 0.2) is 17.3 Å². The molecule has 0 fully saturated rings. The van der Waals surface area contributed by atoms with Crippen molar-refractivity contribution >= 4 is 36.5 Å². The van der Waals surface area contributed by atoms with Crippen LogP contribution in [-0.4, -0.2) is 44.5 Å². The van der Waals surface area contributed by atoms with Gasteiger partial charge in [0, 0.05) is 17.5 Å². The first kappa shape index (κ1) is 24.5. The van der Waals surface area contributed by atoms with Crippen molar-refractivity contribution in [2.24, 2.45) is 0 Å². The fourth-order valence-electron chi connectivity index (χ4n) is 2.25. The Morgan fingerprint density at radius 1 is 1.00 bits per heavy atom. The molecule has 7 nitrogen and oxygen atoms in total. The van der Waals surface area contributed by atoms with Crippen molar-refractivity contribution in [2.45, 2.75) is 6.42 Å². The summed E-state index contributed by atoms with van der Waals surface area (Å²) in [6, 6.07) is 8.43. The highest BCUT2D eigenvalue weighted by Crippen LogP contribution is 2.38. The first-order valence-corrected chi connectivity index (χ1v) is 7.58. The molecule has 1 heterocycles. The van der Waals surface area contributed by atoms with E-state index in [9.17, 15) is 9.59 Å². The molecule has 1 aromatic heterocycles. The maximum Gasteiger partial charge on any atom is 0.226 e. The van der Waals surface area contributed by atoms with Crippen LogP contribution in [0, 0.1) is 0 Å². The molecule has 1 N–H and O–H groups in total. The van der Waals surface area contributed by atoms with Crippen LogP contribution >= 0.6 is 24.8 Å². The number of ketones is 1. The number of nitrogens with zero attached hydrogens (tertiary/aromatic N) is 1. The molecular formula is C18H22Cl2N2O5. The molecule has 0 aliphatic rings. The van der Waals surface area contributed by atoms with E-state index in [0.29, 0.717) is 28.5 Å². The van der Waals surface area contributed by atoms with Crippen LogP contribution in [0.1, 0.15) is 16.1 Å². The smallest absolute Gasteiger partial charge is 0.226 e. The highest BCUT2D eigenvalue weighted by molar-refractivity contribution is 6.00. The molecule has 2 rings (SSSR count). The second-order valence-corrected chi connectivity index (χ2v) is 5.11. The second kappa shape index (κ2) is 12.0. The maximum absolute atomic E-state index is 12.4. The van der Waals surface area contributed by atoms with Crippen LogP contribution in [0.4, 0.5) is 0 Å². The number of rotatable bonds is 8. The Hall–Kier alpha value is -2.51. The van der Waals surface area contributed by atoms with Crippen molar-refractivity contribution in [3.05, 3.63) is 47.8 Å². The molecule has 0 aliphatic heterocycles. The lowest BCUT2D eigenvalue weighted by Gasteiger charge is -2.13. The summed E-state index contributed by atoms with van der Waals surface area (Å²) in [4.78, 5) is 28.4. The minimum atomic E-state index is -0.278. The molecule has 0 spiro atoms. The van der Waals surface area contributed by atoms with Gasteiger partial charge in [-0.15, -0.1) is 24.8 Å². The summed E-state index contributed by atoms with van der Waals surface area (Å²) in [6.45, 7) is -0.135. The molecule has 0 aliphatic carbocycles. The average Bonchev–Trinajstić information content (AvgIpc) is 2.65. The van der Waals surface area contributed by atoms with Gasteiger partial charge in [-0.25, -0.2) is 0 Å². The van der Waals surface area contributed by atoms with Crippen LogP contribution in [0.15, 0.2) is 36.5 Å². The number of halogens is 2. The molecule has 0 atom stereocenters. The van der Waals surface area contributed by atoms with Gasteiger partial charge in [-0.1, -0.05) is 6.07 Å². The number of aromatic nitrogens is 1. The molecule has 0 bridgehead atoms. The number of ether oxygens (including phenoxy) is 3. The third kappa shape index (κ3) is 6.62. The molecule has 0 radical (unpaired) electrons. The topological polar surface area (TPSA) is 86.8 Å². The molecule has 9 heteroatoms. The lowest BCUT2D eigenvalue weighted by atomic mass is 10.1. The van der Waals surface area contributed by atoms with E-state index < -0.39 is 0 Å². The summed E-state index contributed by atoms with van der Waals surface area (Å²) < 4.78 is 15.7. The molecule has 0 saturated carbocycles. The van der Waals surface area contributed by atoms with Gasteiger partial charge in [0.1, 0.15) is 0 Å². The van der Waals surface area contributed by atoms with Gasteiger partial charge in [-0.2, -0.15) is 0 Å². The molecular weight excluding hydrogens is 395 g/mol. The Bertz CT molecular complexity index is 732. The molecule has 0 saturated heterocycles. The Morgan fingerprint density at radius 3 is 2.11 bits per heavy atom. The summed E-state index contributed by atoms with van der Waals surface area (Å²) in [5.74, 6) is 0.615. The van der Waals surface area contributed by atoms with Crippen molar-refractivity contribution in [2.75, 3.05) is 27.9 Å². The lowest BCUT2D eigenvalue weighted by molar-refractivity contribution is -0.120. The summed E-state index contributed by atoms with van der Waals surface area (Å²) in [5.41, 5.74) is 0.993. The normalized spacial score (nSPS) is 9.30. The molecule has 27 heavy (non-hydrogen) atoms. The van der Waals surface area contributed by atoms with Gasteiger partial charge < -0.3 is 19.5 Å². The zero-order chi connectivity index (χ0) is 18.2. The zero-order valence-electron chi connectivity index (χ0n) is 15.2. The van der Waals surface area contributed by atoms with Crippen molar-refractivity contribution in [1.82, 2.24) is 10.3 Å². The number of benzene rings is 1. The number of nitrogens with one attached hydrogen (secondary N) is 1. The number of carbonyl (C=O) groups excluding carboxylic acids is 2. The van der Waals surface area contributed by atoms with Gasteiger partial charge in [0.2, 0.25) is 11.7 Å². The molecule has 0 unspecified atom stereocenters. The van der Waals surface area contributed by atoms with E-state index in [2.05, 4.69) is 10.3 Å². The van der Waals surface area contributed by atoms with E-state index in [0.717, 1.165) is 0 Å². The number of carbonyl (C=O) groups is 2. The number of methoxy groups -OCH3 is 3. The quantitative estimate of drug-likeness (QED) is 0.665. The Kier molecular flexibility index (Phi) is 10.9. The molecule has 148 valence electrons. The van der Waals surface area contributed by atoms with Crippen LogP contribution in [0.3, 0.4) is 0 Å². The Labute approximate surface area is 170 Å². The van der Waals surface area contributed by atoms with Crippen LogP contribution in [0.5, 0.6) is 17.2 Å². The minimum absolute atomic E-state index is 0. The predicted octanol–water partition coefficient (Wildman–Crippen LogP) is 2.49. The van der Waals surface area contributed by atoms with E-state index in [1.807, 2.05) is 0 Å². The zero-order valence-corrected chi connectivity index (χ0v) is 16.8. The van der Waals surface area contributed by atoms with Crippen molar-refractivity contribution in [3.8, 4) is 17.2 Å². The van der Waals surface area contributed by atoms with E-state index in [4.69, 9.17) is 14.2 Å². The third-order valence-electron chi connectivity index (χ3n) is 3.50. The van der Waals surface area contributed by atoms with Crippen LogP contribution < -0.4 is 19.5 Å². The number of amides is 1. The number of pyridine rings is 1. The number of Topliss-reactive ketones (excluding diaryl/α,β-unsaturated/α-hetero) is 1. The Morgan fingerprint density at radius 2 is 1.63 bits per heavy atom. The van der Waals surface area contributed by atoms with Crippen LogP contribution in [0.25, 0.3) is 0 Å². The van der Waals surface area contributed by atoms with Crippen LogP contribution in [0.2, 0.25) is 0 Å². The van der Waals surface area contributed by atoms with Crippen molar-refractivity contribution in [3.63, 3.8) is 0 Å². The molecule has 1 aromatic carbocycles. The fourth-order valence-corrected chi connectivity index (χ4v) is 2.25. The van der Waals surface area contributed by atoms with Gasteiger partial charge in [0.25, 0.3) is 0 Å². The predicted molar refractivity (Wildman–Crippen MR) is 106 cm³/mol. The summed E-state index contributed by atoms with van der Waals surface area (Å²) in [6.07, 6.45) is 1.73. The molecule has 2 aromatic rings. The third-order valence-corrected chi connectivity index (χ3v) is 3.50.